The van der Waals surface area contributed by atoms with Crippen LogP contribution in [-0.2, 0) is 14.3 Å². The molecule has 1 unspecified atom stereocenters. The fraction of sp³-hybridized carbons (Fsp3) is 0.400. The van der Waals surface area contributed by atoms with Crippen LogP contribution in [0, 0.1) is 0 Å². The number of aliphatic carboxylic acids is 1. The summed E-state index contributed by atoms with van der Waals surface area (Å²) in [4.78, 5) is 38.2. The molecular weight excluding hydrogens is 408 g/mol. The molecule has 0 bridgehead atoms. The molecule has 0 spiro atoms. The molecule has 170 valence electrons. The third-order valence-electron chi connectivity index (χ3n) is 6.20. The lowest BCUT2D eigenvalue weighted by Gasteiger charge is -2.34. The van der Waals surface area contributed by atoms with Gasteiger partial charge in [0.15, 0.2) is 0 Å². The van der Waals surface area contributed by atoms with Crippen LogP contribution in [0.2, 0.25) is 0 Å². The zero-order chi connectivity index (χ0) is 23.5. The average molecular weight is 439 g/mol. The van der Waals surface area contributed by atoms with Crippen molar-refractivity contribution in [1.82, 2.24) is 10.2 Å². The molecule has 1 aliphatic carbocycles. The number of carboxylic acids is 1. The standard InChI is InChI=1S/C25H30N2O5/c1-5-10-21(22(28)27(4)25(2,3)23(29)30)26-24(31)32-15-20-18-13-8-6-11-16(18)17-12-7-9-14-19(17)20/h6-9,11-14,20-21H,5,10,15H2,1-4H3,(H,26,31)(H,29,30). The molecule has 2 N–H and O–H groups in total. The van der Waals surface area contributed by atoms with Crippen molar-refractivity contribution in [2.24, 2.45) is 0 Å². The van der Waals surface area contributed by atoms with E-state index in [2.05, 4.69) is 17.4 Å². The SMILES string of the molecule is CCCC(NC(=O)OCC1c2ccccc2-c2ccccc21)C(=O)N(C)C(C)(C)C(=O)O. The summed E-state index contributed by atoms with van der Waals surface area (Å²) in [6.07, 6.45) is 0.324. The quantitative estimate of drug-likeness (QED) is 0.649. The average Bonchev–Trinajstić information content (AvgIpc) is 3.10. The number of benzene rings is 2. The van der Waals surface area contributed by atoms with E-state index in [-0.39, 0.29) is 12.5 Å². The Morgan fingerprint density at radius 1 is 1.06 bits per heavy atom. The first-order valence-electron chi connectivity index (χ1n) is 10.8. The van der Waals surface area contributed by atoms with Crippen molar-refractivity contribution in [2.75, 3.05) is 13.7 Å². The van der Waals surface area contributed by atoms with E-state index in [0.717, 1.165) is 27.2 Å². The Hall–Kier alpha value is -3.35. The Bertz CT molecular complexity index is 971. The van der Waals surface area contributed by atoms with Gasteiger partial charge in [-0.15, -0.1) is 0 Å². The molecule has 3 rings (SSSR count). The number of alkyl carbamates (subject to hydrolysis) is 1. The Morgan fingerprint density at radius 3 is 2.09 bits per heavy atom. The molecule has 7 heteroatoms. The van der Waals surface area contributed by atoms with Gasteiger partial charge in [-0.1, -0.05) is 61.9 Å². The van der Waals surface area contributed by atoms with E-state index in [1.54, 1.807) is 0 Å². The van der Waals surface area contributed by atoms with E-state index >= 15 is 0 Å². The number of carbonyl (C=O) groups excluding carboxylic acids is 2. The second kappa shape index (κ2) is 9.42. The van der Waals surface area contributed by atoms with Crippen LogP contribution in [0.3, 0.4) is 0 Å². The third-order valence-corrected chi connectivity index (χ3v) is 6.20. The summed E-state index contributed by atoms with van der Waals surface area (Å²) in [5.74, 6) is -1.67. The van der Waals surface area contributed by atoms with E-state index in [0.29, 0.717) is 12.8 Å². The van der Waals surface area contributed by atoms with Crippen molar-refractivity contribution in [3.8, 4) is 11.1 Å². The van der Waals surface area contributed by atoms with E-state index < -0.39 is 29.6 Å². The largest absolute Gasteiger partial charge is 0.480 e. The van der Waals surface area contributed by atoms with Crippen LogP contribution in [0.15, 0.2) is 48.5 Å². The van der Waals surface area contributed by atoms with Gasteiger partial charge in [0.05, 0.1) is 0 Å². The van der Waals surface area contributed by atoms with Crippen LogP contribution >= 0.6 is 0 Å². The van der Waals surface area contributed by atoms with Gasteiger partial charge >= 0.3 is 12.1 Å². The lowest BCUT2D eigenvalue weighted by molar-refractivity contribution is -0.156. The molecule has 0 aliphatic heterocycles. The van der Waals surface area contributed by atoms with Gasteiger partial charge in [0, 0.05) is 13.0 Å². The van der Waals surface area contributed by atoms with E-state index in [9.17, 15) is 19.5 Å². The monoisotopic (exact) mass is 438 g/mol. The lowest BCUT2D eigenvalue weighted by atomic mass is 9.98. The van der Waals surface area contributed by atoms with Crippen LogP contribution in [0.4, 0.5) is 4.79 Å². The maximum atomic E-state index is 12.9. The van der Waals surface area contributed by atoms with E-state index in [1.165, 1.54) is 20.9 Å². The number of hydrogen-bond acceptors (Lipinski definition) is 4. The molecule has 0 fully saturated rings. The van der Waals surface area contributed by atoms with Gasteiger partial charge in [0.1, 0.15) is 18.2 Å². The highest BCUT2D eigenvalue weighted by Gasteiger charge is 2.38. The van der Waals surface area contributed by atoms with E-state index in [1.807, 2.05) is 43.3 Å². The zero-order valence-electron chi connectivity index (χ0n) is 18.9. The summed E-state index contributed by atoms with van der Waals surface area (Å²) in [5, 5.41) is 12.1. The highest BCUT2D eigenvalue weighted by atomic mass is 16.5. The number of amides is 2. The Kier molecular flexibility index (Phi) is 6.87. The van der Waals surface area contributed by atoms with Crippen LogP contribution in [0.5, 0.6) is 0 Å². The number of carbonyl (C=O) groups is 3. The minimum absolute atomic E-state index is 0.0814. The third kappa shape index (κ3) is 4.47. The van der Waals surface area contributed by atoms with Crippen molar-refractivity contribution >= 4 is 18.0 Å². The van der Waals surface area contributed by atoms with Gasteiger partial charge in [-0.2, -0.15) is 0 Å². The molecule has 0 saturated carbocycles. The van der Waals surface area contributed by atoms with Gasteiger partial charge in [0.25, 0.3) is 0 Å². The molecule has 1 atom stereocenters. The van der Waals surface area contributed by atoms with Crippen molar-refractivity contribution in [2.45, 2.75) is 51.1 Å². The second-order valence-electron chi connectivity index (χ2n) is 8.57. The summed E-state index contributed by atoms with van der Waals surface area (Å²) in [6, 6.07) is 15.2. The van der Waals surface area contributed by atoms with Gasteiger partial charge < -0.3 is 20.1 Å². The van der Waals surface area contributed by atoms with Crippen molar-refractivity contribution in [1.29, 1.82) is 0 Å². The first-order valence-corrected chi connectivity index (χ1v) is 10.8. The smallest absolute Gasteiger partial charge is 0.407 e. The Morgan fingerprint density at radius 2 is 1.59 bits per heavy atom. The predicted molar refractivity (Wildman–Crippen MR) is 121 cm³/mol. The van der Waals surface area contributed by atoms with Gasteiger partial charge in [-0.05, 0) is 42.5 Å². The molecule has 32 heavy (non-hydrogen) atoms. The van der Waals surface area contributed by atoms with Gasteiger partial charge in [0.2, 0.25) is 5.91 Å². The molecule has 2 aromatic rings. The molecule has 0 aromatic heterocycles. The Labute approximate surface area is 188 Å². The van der Waals surface area contributed by atoms with Gasteiger partial charge in [-0.3, -0.25) is 4.79 Å². The fourth-order valence-corrected chi connectivity index (χ4v) is 3.98. The molecule has 2 aromatic carbocycles. The number of nitrogens with one attached hydrogen (secondary N) is 1. The number of carboxylic acid groups (broad SMARTS) is 1. The highest BCUT2D eigenvalue weighted by molar-refractivity contribution is 5.90. The highest BCUT2D eigenvalue weighted by Crippen LogP contribution is 2.44. The molecule has 0 heterocycles. The number of rotatable bonds is 8. The maximum absolute atomic E-state index is 12.9. The second-order valence-corrected chi connectivity index (χ2v) is 8.57. The van der Waals surface area contributed by atoms with Crippen molar-refractivity contribution in [3.05, 3.63) is 59.7 Å². The molecule has 0 radical (unpaired) electrons. The minimum Gasteiger partial charge on any atom is -0.480 e. The molecule has 2 amide bonds. The fourth-order valence-electron chi connectivity index (χ4n) is 3.98. The van der Waals surface area contributed by atoms with Crippen molar-refractivity contribution in [3.63, 3.8) is 0 Å². The first kappa shape index (κ1) is 23.3. The zero-order valence-corrected chi connectivity index (χ0v) is 18.9. The molecule has 7 nitrogen and oxygen atoms in total. The molecule has 1 aliphatic rings. The number of hydrogen-bond donors (Lipinski definition) is 2. The first-order chi connectivity index (χ1) is 15.2. The van der Waals surface area contributed by atoms with Crippen LogP contribution in [0.1, 0.15) is 50.7 Å². The predicted octanol–water partition coefficient (Wildman–Crippen LogP) is 4.02. The Balaban J connectivity index is 1.69. The normalized spacial score (nSPS) is 13.6. The number of likely N-dealkylation sites (N-methyl/N-ethyl adjacent to an activating group) is 1. The summed E-state index contributed by atoms with van der Waals surface area (Å²) in [7, 11) is 1.43. The van der Waals surface area contributed by atoms with Crippen molar-refractivity contribution < 1.29 is 24.2 Å². The minimum atomic E-state index is -1.40. The molecule has 0 saturated heterocycles. The van der Waals surface area contributed by atoms with E-state index in [4.69, 9.17) is 4.74 Å². The van der Waals surface area contributed by atoms with Gasteiger partial charge in [-0.25, -0.2) is 9.59 Å². The maximum Gasteiger partial charge on any atom is 0.407 e. The van der Waals surface area contributed by atoms with Crippen LogP contribution in [0.25, 0.3) is 11.1 Å². The topological polar surface area (TPSA) is 95.9 Å². The molecular formula is C25H30N2O5. The summed E-state index contributed by atoms with van der Waals surface area (Å²) in [5.41, 5.74) is 3.07. The van der Waals surface area contributed by atoms with Crippen LogP contribution < -0.4 is 5.32 Å². The van der Waals surface area contributed by atoms with Crippen LogP contribution in [-0.4, -0.2) is 53.2 Å². The summed E-state index contributed by atoms with van der Waals surface area (Å²) in [6.45, 7) is 4.93. The number of fused-ring (bicyclic) bond motifs is 3. The number of ether oxygens (including phenoxy) is 1. The number of nitrogens with zero attached hydrogens (tertiary/aromatic N) is 1. The summed E-state index contributed by atoms with van der Waals surface area (Å²) >= 11 is 0. The lowest BCUT2D eigenvalue weighted by Crippen LogP contribution is -2.57. The summed E-state index contributed by atoms with van der Waals surface area (Å²) < 4.78 is 5.54.